The van der Waals surface area contributed by atoms with Crippen LogP contribution in [0.5, 0.6) is 0 Å². The Balaban J connectivity index is 2.09. The molecule has 128 valence electrons. The molecule has 2 heterocycles. The summed E-state index contributed by atoms with van der Waals surface area (Å²) < 4.78 is 17.1. The van der Waals surface area contributed by atoms with Crippen LogP contribution in [0.2, 0.25) is 0 Å². The maximum Gasteiger partial charge on any atom is 0.287 e. The van der Waals surface area contributed by atoms with Crippen LogP contribution in [0.1, 0.15) is 38.2 Å². The van der Waals surface area contributed by atoms with Crippen LogP contribution in [-0.4, -0.2) is 50.6 Å². The van der Waals surface area contributed by atoms with Crippen molar-refractivity contribution in [3.8, 4) is 0 Å². The van der Waals surface area contributed by atoms with Crippen LogP contribution < -0.4 is 5.32 Å². The molecule has 23 heavy (non-hydrogen) atoms. The third-order valence-electron chi connectivity index (χ3n) is 4.02. The first-order valence-corrected chi connectivity index (χ1v) is 9.11. The topological polar surface area (TPSA) is 79.6 Å². The zero-order valence-electron chi connectivity index (χ0n) is 13.9. The molecule has 1 aliphatic rings. The Bertz CT molecular complexity index is 571. The van der Waals surface area contributed by atoms with Crippen molar-refractivity contribution in [2.24, 2.45) is 5.92 Å². The highest BCUT2D eigenvalue weighted by atomic mass is 32.2. The largest absolute Gasteiger partial charge is 0.459 e. The molecule has 0 bridgehead atoms. The van der Waals surface area contributed by atoms with Crippen molar-refractivity contribution in [2.75, 3.05) is 13.1 Å². The molecule has 1 aliphatic heterocycles. The molecule has 7 heteroatoms. The fourth-order valence-corrected chi connectivity index (χ4v) is 4.20. The Hall–Kier alpha value is -1.63. The lowest BCUT2D eigenvalue weighted by atomic mass is 10.0. The summed E-state index contributed by atoms with van der Waals surface area (Å²) in [6.45, 7) is 8.46. The van der Waals surface area contributed by atoms with Gasteiger partial charge in [0, 0.05) is 34.4 Å². The Kier molecular flexibility index (Phi) is 5.62. The predicted molar refractivity (Wildman–Crippen MR) is 88.4 cm³/mol. The van der Waals surface area contributed by atoms with Gasteiger partial charge in [0.15, 0.2) is 5.76 Å². The molecule has 1 aromatic heterocycles. The van der Waals surface area contributed by atoms with E-state index in [9.17, 15) is 13.8 Å². The van der Waals surface area contributed by atoms with Crippen molar-refractivity contribution in [1.29, 1.82) is 0 Å². The Morgan fingerprint density at radius 3 is 2.39 bits per heavy atom. The molecular weight excluding hydrogens is 316 g/mol. The number of hydrogen-bond acceptors (Lipinski definition) is 4. The summed E-state index contributed by atoms with van der Waals surface area (Å²) in [6.07, 6.45) is 1.42. The van der Waals surface area contributed by atoms with Crippen LogP contribution in [0.15, 0.2) is 22.8 Å². The average Bonchev–Trinajstić information content (AvgIpc) is 3.03. The molecule has 0 aliphatic carbocycles. The molecule has 3 unspecified atom stereocenters. The number of nitrogens with zero attached hydrogens (tertiary/aromatic N) is 1. The van der Waals surface area contributed by atoms with Crippen molar-refractivity contribution in [3.63, 3.8) is 0 Å². The minimum Gasteiger partial charge on any atom is -0.459 e. The van der Waals surface area contributed by atoms with Crippen LogP contribution in [0, 0.1) is 5.92 Å². The van der Waals surface area contributed by atoms with Gasteiger partial charge in [-0.2, -0.15) is 0 Å². The van der Waals surface area contributed by atoms with E-state index in [1.165, 1.54) is 6.26 Å². The Morgan fingerprint density at radius 1 is 1.30 bits per heavy atom. The summed E-state index contributed by atoms with van der Waals surface area (Å²) in [5, 5.41) is 2.64. The van der Waals surface area contributed by atoms with E-state index < -0.39 is 22.7 Å². The van der Waals surface area contributed by atoms with Crippen molar-refractivity contribution in [3.05, 3.63) is 24.2 Å². The molecule has 1 fully saturated rings. The highest BCUT2D eigenvalue weighted by molar-refractivity contribution is 7.86. The molecule has 0 radical (unpaired) electrons. The van der Waals surface area contributed by atoms with E-state index in [4.69, 9.17) is 4.42 Å². The lowest BCUT2D eigenvalue weighted by molar-refractivity contribution is -0.134. The number of amides is 2. The quantitative estimate of drug-likeness (QED) is 0.898. The number of hydrogen-bond donors (Lipinski definition) is 1. The summed E-state index contributed by atoms with van der Waals surface area (Å²) >= 11 is 0. The number of rotatable bonds is 4. The zero-order chi connectivity index (χ0) is 17.1. The van der Waals surface area contributed by atoms with Crippen LogP contribution >= 0.6 is 0 Å². The van der Waals surface area contributed by atoms with Crippen molar-refractivity contribution >= 4 is 22.6 Å². The van der Waals surface area contributed by atoms with Crippen molar-refractivity contribution < 1.29 is 18.2 Å². The van der Waals surface area contributed by atoms with Crippen LogP contribution in [0.3, 0.4) is 0 Å². The monoisotopic (exact) mass is 340 g/mol. The number of carbonyl (C=O) groups is 2. The van der Waals surface area contributed by atoms with Crippen LogP contribution in [-0.2, 0) is 15.6 Å². The number of nitrogens with one attached hydrogen (secondary N) is 1. The lowest BCUT2D eigenvalue weighted by Gasteiger charge is -2.37. The zero-order valence-corrected chi connectivity index (χ0v) is 14.8. The molecule has 1 N–H and O–H groups in total. The third kappa shape index (κ3) is 4.02. The molecule has 2 amide bonds. The molecule has 0 spiro atoms. The summed E-state index contributed by atoms with van der Waals surface area (Å²) in [6, 6.07) is 2.56. The molecule has 1 aromatic rings. The fraction of sp³-hybridized carbons (Fsp3) is 0.625. The second kappa shape index (κ2) is 7.29. The maximum atomic E-state index is 12.8. The first-order valence-electron chi connectivity index (χ1n) is 7.83. The molecular formula is C16H24N2O4S. The van der Waals surface area contributed by atoms with Crippen LogP contribution in [0.4, 0.5) is 0 Å². The van der Waals surface area contributed by atoms with Gasteiger partial charge in [-0.3, -0.25) is 13.8 Å². The molecule has 0 saturated carbocycles. The van der Waals surface area contributed by atoms with Gasteiger partial charge in [-0.05, 0) is 31.9 Å². The molecule has 2 rings (SSSR count). The molecule has 1 saturated heterocycles. The van der Waals surface area contributed by atoms with Gasteiger partial charge < -0.3 is 14.6 Å². The number of furan rings is 1. The summed E-state index contributed by atoms with van der Waals surface area (Å²) in [7, 11) is -0.922. The molecule has 0 aromatic carbocycles. The number of carbonyl (C=O) groups excluding carboxylic acids is 2. The van der Waals surface area contributed by atoms with Crippen molar-refractivity contribution in [1.82, 2.24) is 10.2 Å². The first kappa shape index (κ1) is 17.7. The highest BCUT2D eigenvalue weighted by Crippen LogP contribution is 2.17. The summed E-state index contributed by atoms with van der Waals surface area (Å²) in [5.74, 6) is -0.400. The van der Waals surface area contributed by atoms with Gasteiger partial charge in [0.2, 0.25) is 5.91 Å². The molecule has 6 nitrogen and oxygen atoms in total. The van der Waals surface area contributed by atoms with Gasteiger partial charge in [-0.25, -0.2) is 0 Å². The lowest BCUT2D eigenvalue weighted by Crippen LogP contribution is -2.57. The standard InChI is InChI=1S/C16H24N2O4S/c1-10(2)14(17-15(19)13-6-5-7-22-13)16(20)18-8-11(3)23(21)12(4)9-18/h5-7,10-12,14H,8-9H2,1-4H3,(H,17,19). The summed E-state index contributed by atoms with van der Waals surface area (Å²) in [4.78, 5) is 26.7. The first-order chi connectivity index (χ1) is 10.8. The van der Waals surface area contributed by atoms with Gasteiger partial charge in [-0.1, -0.05) is 13.8 Å². The Morgan fingerprint density at radius 2 is 1.91 bits per heavy atom. The minimum absolute atomic E-state index is 0.0561. The van der Waals surface area contributed by atoms with Gasteiger partial charge in [0.1, 0.15) is 6.04 Å². The van der Waals surface area contributed by atoms with E-state index in [-0.39, 0.29) is 28.1 Å². The van der Waals surface area contributed by atoms with E-state index in [0.29, 0.717) is 13.1 Å². The van der Waals surface area contributed by atoms with Gasteiger partial charge in [0.25, 0.3) is 5.91 Å². The van der Waals surface area contributed by atoms with Crippen molar-refractivity contribution in [2.45, 2.75) is 44.2 Å². The second-order valence-corrected chi connectivity index (χ2v) is 8.63. The van der Waals surface area contributed by atoms with E-state index in [0.717, 1.165) is 0 Å². The predicted octanol–water partition coefficient (Wildman–Crippen LogP) is 1.40. The average molecular weight is 340 g/mol. The van der Waals surface area contributed by atoms with E-state index >= 15 is 0 Å². The second-order valence-electron chi connectivity index (χ2n) is 6.37. The smallest absolute Gasteiger partial charge is 0.287 e. The molecule has 3 atom stereocenters. The minimum atomic E-state index is -0.922. The Labute approximate surface area is 139 Å². The highest BCUT2D eigenvalue weighted by Gasteiger charge is 2.36. The SMILES string of the molecule is CC(C)C(NC(=O)c1ccco1)C(=O)N1CC(C)S(=O)C(C)C1. The van der Waals surface area contributed by atoms with E-state index in [1.807, 2.05) is 27.7 Å². The summed E-state index contributed by atoms with van der Waals surface area (Å²) in [5.41, 5.74) is 0. The fourth-order valence-electron chi connectivity index (χ4n) is 2.75. The normalized spacial score (nSPS) is 26.1. The maximum absolute atomic E-state index is 12.8. The van der Waals surface area contributed by atoms with Gasteiger partial charge >= 0.3 is 0 Å². The van der Waals surface area contributed by atoms with E-state index in [1.54, 1.807) is 17.0 Å². The van der Waals surface area contributed by atoms with Gasteiger partial charge in [0.05, 0.1) is 6.26 Å². The van der Waals surface area contributed by atoms with E-state index in [2.05, 4.69) is 5.32 Å². The van der Waals surface area contributed by atoms with Crippen LogP contribution in [0.25, 0.3) is 0 Å². The third-order valence-corrected chi connectivity index (χ3v) is 5.91. The van der Waals surface area contributed by atoms with Gasteiger partial charge in [-0.15, -0.1) is 0 Å².